The maximum Gasteiger partial charge on any atom is 0.297 e. The van der Waals surface area contributed by atoms with E-state index in [0.717, 1.165) is 5.69 Å². The minimum Gasteiger partial charge on any atom is -0.309 e. The molecule has 0 saturated heterocycles. The van der Waals surface area contributed by atoms with Gasteiger partial charge in [-0.05, 0) is 19.1 Å². The summed E-state index contributed by atoms with van der Waals surface area (Å²) in [6.45, 7) is 1.75. The van der Waals surface area contributed by atoms with Crippen LogP contribution >= 0.6 is 0 Å². The van der Waals surface area contributed by atoms with Crippen molar-refractivity contribution in [1.29, 1.82) is 0 Å². The number of H-pyrrole nitrogens is 1. The van der Waals surface area contributed by atoms with Crippen molar-refractivity contribution in [1.82, 2.24) is 20.2 Å². The van der Waals surface area contributed by atoms with E-state index in [1.54, 1.807) is 38.5 Å². The molecule has 0 fully saturated rings. The summed E-state index contributed by atoms with van der Waals surface area (Å²) in [5.41, 5.74) is 0.752. The van der Waals surface area contributed by atoms with E-state index in [-0.39, 0.29) is 11.7 Å². The highest BCUT2D eigenvalue weighted by atomic mass is 16.2. The number of aryl methyl sites for hydroxylation is 1. The molecule has 0 saturated carbocycles. The summed E-state index contributed by atoms with van der Waals surface area (Å²) in [5, 5.41) is 6.45. The molecule has 0 bridgehead atoms. The third-order valence-electron chi connectivity index (χ3n) is 2.14. The van der Waals surface area contributed by atoms with Gasteiger partial charge in [0.05, 0.1) is 0 Å². The van der Waals surface area contributed by atoms with E-state index < -0.39 is 0 Å². The molecule has 0 aliphatic rings. The van der Waals surface area contributed by atoms with Crippen molar-refractivity contribution in [2.75, 3.05) is 11.9 Å². The summed E-state index contributed by atoms with van der Waals surface area (Å²) in [5.74, 6) is 0.527. The summed E-state index contributed by atoms with van der Waals surface area (Å²) in [6, 6.07) is 3.49. The molecule has 6 nitrogen and oxygen atoms in total. The Morgan fingerprint density at radius 3 is 2.62 bits per heavy atom. The second kappa shape index (κ2) is 4.09. The molecule has 0 unspecified atom stereocenters. The number of anilines is 1. The SMILES string of the molecule is Cc1nc(C(=O)N(C)c2ccncc2)n[nH]1. The zero-order chi connectivity index (χ0) is 11.5. The molecule has 0 atom stereocenters. The molecule has 0 aliphatic carbocycles. The van der Waals surface area contributed by atoms with Gasteiger partial charge in [0.1, 0.15) is 5.82 Å². The predicted octanol–water partition coefficient (Wildman–Crippen LogP) is 0.785. The normalized spacial score (nSPS) is 10.1. The van der Waals surface area contributed by atoms with Crippen molar-refractivity contribution in [3.05, 3.63) is 36.2 Å². The van der Waals surface area contributed by atoms with Crippen LogP contribution < -0.4 is 4.90 Å². The van der Waals surface area contributed by atoms with E-state index >= 15 is 0 Å². The van der Waals surface area contributed by atoms with Crippen molar-refractivity contribution in [2.45, 2.75) is 6.92 Å². The van der Waals surface area contributed by atoms with Crippen LogP contribution in [0.4, 0.5) is 5.69 Å². The van der Waals surface area contributed by atoms with Gasteiger partial charge in [-0.15, -0.1) is 5.10 Å². The maximum atomic E-state index is 11.9. The van der Waals surface area contributed by atoms with E-state index in [0.29, 0.717) is 5.82 Å². The van der Waals surface area contributed by atoms with Gasteiger partial charge in [0.25, 0.3) is 5.91 Å². The zero-order valence-electron chi connectivity index (χ0n) is 9.01. The Kier molecular flexibility index (Phi) is 2.63. The molecule has 0 radical (unpaired) electrons. The van der Waals surface area contributed by atoms with Gasteiger partial charge in [-0.3, -0.25) is 14.9 Å². The van der Waals surface area contributed by atoms with Gasteiger partial charge in [0.15, 0.2) is 0 Å². The molecule has 0 aliphatic heterocycles. The molecule has 2 aromatic heterocycles. The van der Waals surface area contributed by atoms with Crippen LogP contribution in [0, 0.1) is 6.92 Å². The minimum atomic E-state index is -0.254. The second-order valence-electron chi connectivity index (χ2n) is 3.31. The van der Waals surface area contributed by atoms with Crippen LogP contribution in [-0.4, -0.2) is 33.1 Å². The third-order valence-corrected chi connectivity index (χ3v) is 2.14. The Morgan fingerprint density at radius 1 is 1.38 bits per heavy atom. The van der Waals surface area contributed by atoms with Gasteiger partial charge in [-0.1, -0.05) is 0 Å². The number of nitrogens with one attached hydrogen (secondary N) is 1. The Bertz CT molecular complexity index is 493. The number of hydrogen-bond acceptors (Lipinski definition) is 4. The number of nitrogens with zero attached hydrogens (tertiary/aromatic N) is 4. The highest BCUT2D eigenvalue weighted by Gasteiger charge is 2.17. The Labute approximate surface area is 92.3 Å². The molecule has 0 aromatic carbocycles. The molecule has 2 heterocycles. The van der Waals surface area contributed by atoms with E-state index in [9.17, 15) is 4.79 Å². The number of rotatable bonds is 2. The molecule has 6 heteroatoms. The van der Waals surface area contributed by atoms with Gasteiger partial charge >= 0.3 is 0 Å². The number of amides is 1. The van der Waals surface area contributed by atoms with Crippen LogP contribution in [0.3, 0.4) is 0 Å². The lowest BCUT2D eigenvalue weighted by Crippen LogP contribution is -2.27. The van der Waals surface area contributed by atoms with E-state index in [1.165, 1.54) is 4.90 Å². The van der Waals surface area contributed by atoms with E-state index in [2.05, 4.69) is 20.2 Å². The molecule has 82 valence electrons. The predicted molar refractivity (Wildman–Crippen MR) is 58.1 cm³/mol. The van der Waals surface area contributed by atoms with E-state index in [4.69, 9.17) is 0 Å². The quantitative estimate of drug-likeness (QED) is 0.806. The van der Waals surface area contributed by atoms with Gasteiger partial charge < -0.3 is 4.90 Å². The van der Waals surface area contributed by atoms with Crippen LogP contribution in [0.5, 0.6) is 0 Å². The fraction of sp³-hybridized carbons (Fsp3) is 0.200. The molecule has 1 N–H and O–H groups in total. The number of hydrogen-bond donors (Lipinski definition) is 1. The van der Waals surface area contributed by atoms with Crippen molar-refractivity contribution in [3.63, 3.8) is 0 Å². The first kappa shape index (κ1) is 10.3. The lowest BCUT2D eigenvalue weighted by Gasteiger charge is -2.14. The summed E-state index contributed by atoms with van der Waals surface area (Å²) in [7, 11) is 1.67. The van der Waals surface area contributed by atoms with Gasteiger partial charge in [-0.25, -0.2) is 4.98 Å². The van der Waals surface area contributed by atoms with Crippen LogP contribution in [-0.2, 0) is 0 Å². The third kappa shape index (κ3) is 1.90. The topological polar surface area (TPSA) is 74.8 Å². The Balaban J connectivity index is 2.23. The molecule has 1 amide bonds. The molecular weight excluding hydrogens is 206 g/mol. The van der Waals surface area contributed by atoms with Crippen LogP contribution in [0.2, 0.25) is 0 Å². The number of aromatic amines is 1. The van der Waals surface area contributed by atoms with Crippen molar-refractivity contribution in [3.8, 4) is 0 Å². The summed E-state index contributed by atoms with van der Waals surface area (Å²) >= 11 is 0. The van der Waals surface area contributed by atoms with Crippen LogP contribution in [0.25, 0.3) is 0 Å². The molecule has 2 aromatic rings. The number of carbonyl (C=O) groups excluding carboxylic acids is 1. The molecular formula is C10H11N5O. The Hall–Kier alpha value is -2.24. The minimum absolute atomic E-state index is 0.164. The number of aromatic nitrogens is 4. The smallest absolute Gasteiger partial charge is 0.297 e. The van der Waals surface area contributed by atoms with Crippen molar-refractivity contribution < 1.29 is 4.79 Å². The first-order chi connectivity index (χ1) is 7.68. The van der Waals surface area contributed by atoms with Gasteiger partial charge in [-0.2, -0.15) is 0 Å². The first-order valence-corrected chi connectivity index (χ1v) is 4.75. The lowest BCUT2D eigenvalue weighted by atomic mass is 10.3. The standard InChI is InChI=1S/C10H11N5O/c1-7-12-9(14-13-7)10(16)15(2)8-3-5-11-6-4-8/h3-6H,1-2H3,(H,12,13,14). The van der Waals surface area contributed by atoms with Crippen molar-refractivity contribution >= 4 is 11.6 Å². The second-order valence-corrected chi connectivity index (χ2v) is 3.31. The number of carbonyl (C=O) groups is 1. The highest BCUT2D eigenvalue weighted by molar-refractivity contribution is 6.02. The highest BCUT2D eigenvalue weighted by Crippen LogP contribution is 2.11. The molecule has 0 spiro atoms. The summed E-state index contributed by atoms with van der Waals surface area (Å²) in [4.78, 5) is 21.3. The maximum absolute atomic E-state index is 11.9. The monoisotopic (exact) mass is 217 g/mol. The first-order valence-electron chi connectivity index (χ1n) is 4.75. The van der Waals surface area contributed by atoms with Gasteiger partial charge in [0, 0.05) is 25.1 Å². The fourth-order valence-electron chi connectivity index (χ4n) is 1.27. The number of pyridine rings is 1. The fourth-order valence-corrected chi connectivity index (χ4v) is 1.27. The summed E-state index contributed by atoms with van der Waals surface area (Å²) < 4.78 is 0. The zero-order valence-corrected chi connectivity index (χ0v) is 9.01. The molecule has 2 rings (SSSR count). The van der Waals surface area contributed by atoms with E-state index in [1.807, 2.05) is 0 Å². The van der Waals surface area contributed by atoms with Crippen molar-refractivity contribution in [2.24, 2.45) is 0 Å². The summed E-state index contributed by atoms with van der Waals surface area (Å²) in [6.07, 6.45) is 3.25. The van der Waals surface area contributed by atoms with Crippen LogP contribution in [0.1, 0.15) is 16.4 Å². The lowest BCUT2D eigenvalue weighted by molar-refractivity contribution is 0.0983. The Morgan fingerprint density at radius 2 is 2.06 bits per heavy atom. The van der Waals surface area contributed by atoms with Gasteiger partial charge in [0.2, 0.25) is 5.82 Å². The largest absolute Gasteiger partial charge is 0.309 e. The average Bonchev–Trinajstić information content (AvgIpc) is 2.75. The molecule has 16 heavy (non-hydrogen) atoms. The van der Waals surface area contributed by atoms with Crippen LogP contribution in [0.15, 0.2) is 24.5 Å². The average molecular weight is 217 g/mol.